The molecule has 0 spiro atoms. The van der Waals surface area contributed by atoms with Gasteiger partial charge in [-0.3, -0.25) is 4.79 Å². The molecular weight excluding hydrogens is 218 g/mol. The molecule has 1 unspecified atom stereocenters. The molecular formula is C13H19NO3. The Bertz CT molecular complexity index is 396. The number of phenolic OH excluding ortho intramolecular Hbond substituents is 1. The van der Waals surface area contributed by atoms with Crippen molar-refractivity contribution in [2.24, 2.45) is 0 Å². The van der Waals surface area contributed by atoms with Gasteiger partial charge in [-0.05, 0) is 26.8 Å². The van der Waals surface area contributed by atoms with E-state index in [9.17, 15) is 15.0 Å². The summed E-state index contributed by atoms with van der Waals surface area (Å²) in [6.07, 6.45) is -0.267. The van der Waals surface area contributed by atoms with Crippen LogP contribution >= 0.6 is 0 Å². The molecule has 0 radical (unpaired) electrons. The van der Waals surface area contributed by atoms with Crippen LogP contribution < -0.4 is 5.32 Å². The molecule has 1 aromatic carbocycles. The van der Waals surface area contributed by atoms with Gasteiger partial charge in [0.15, 0.2) is 6.29 Å². The number of β-amino-alcohol motifs (C(OH)–C–C–N with tert-alkyl or cyclic N) is 1. The third kappa shape index (κ3) is 3.84. The Labute approximate surface area is 101 Å². The van der Waals surface area contributed by atoms with Crippen LogP contribution in [0.25, 0.3) is 0 Å². The summed E-state index contributed by atoms with van der Waals surface area (Å²) < 4.78 is 0. The predicted molar refractivity (Wildman–Crippen MR) is 66.2 cm³/mol. The zero-order chi connectivity index (χ0) is 13.1. The van der Waals surface area contributed by atoms with Gasteiger partial charge in [-0.25, -0.2) is 0 Å². The lowest BCUT2D eigenvalue weighted by molar-refractivity contribution is 0.111. The van der Waals surface area contributed by atoms with Crippen molar-refractivity contribution in [2.45, 2.75) is 32.4 Å². The Hall–Kier alpha value is -1.39. The van der Waals surface area contributed by atoms with Crippen LogP contribution in [0, 0.1) is 0 Å². The smallest absolute Gasteiger partial charge is 0.153 e. The topological polar surface area (TPSA) is 69.6 Å². The van der Waals surface area contributed by atoms with E-state index in [1.165, 1.54) is 6.07 Å². The van der Waals surface area contributed by atoms with Crippen molar-refractivity contribution in [2.75, 3.05) is 6.54 Å². The standard InChI is InChI=1S/C13H19NO3/c1-13(2,3)14-7-11(16)10-6-4-5-9(8-15)12(10)17/h4-6,8,11,14,16-17H,7H2,1-3H3. The maximum atomic E-state index is 10.7. The quantitative estimate of drug-likeness (QED) is 0.696. The van der Waals surface area contributed by atoms with Gasteiger partial charge in [0.25, 0.3) is 0 Å². The van der Waals surface area contributed by atoms with E-state index in [2.05, 4.69) is 5.32 Å². The van der Waals surface area contributed by atoms with Crippen LogP contribution in [0.2, 0.25) is 0 Å². The minimum atomic E-state index is -0.839. The first kappa shape index (κ1) is 13.7. The lowest BCUT2D eigenvalue weighted by atomic mass is 10.0. The lowest BCUT2D eigenvalue weighted by Crippen LogP contribution is -2.38. The van der Waals surface area contributed by atoms with Crippen molar-refractivity contribution in [3.8, 4) is 5.75 Å². The highest BCUT2D eigenvalue weighted by molar-refractivity contribution is 5.79. The number of aldehydes is 1. The number of aromatic hydroxyl groups is 1. The molecule has 0 saturated heterocycles. The fraction of sp³-hybridized carbons (Fsp3) is 0.462. The second-order valence-corrected chi connectivity index (χ2v) is 5.05. The maximum absolute atomic E-state index is 10.7. The Morgan fingerprint density at radius 3 is 2.59 bits per heavy atom. The SMILES string of the molecule is CC(C)(C)NCC(O)c1cccc(C=O)c1O. The van der Waals surface area contributed by atoms with Crippen LogP contribution in [0.5, 0.6) is 5.75 Å². The van der Waals surface area contributed by atoms with E-state index in [1.807, 2.05) is 20.8 Å². The third-order valence-corrected chi connectivity index (χ3v) is 2.41. The fourth-order valence-electron chi connectivity index (χ4n) is 1.46. The average Bonchev–Trinajstić information content (AvgIpc) is 2.25. The molecule has 0 aromatic heterocycles. The van der Waals surface area contributed by atoms with Gasteiger partial charge in [-0.2, -0.15) is 0 Å². The summed E-state index contributed by atoms with van der Waals surface area (Å²) in [5.74, 6) is -0.147. The molecule has 0 fully saturated rings. The first-order valence-electron chi connectivity index (χ1n) is 5.55. The number of para-hydroxylation sites is 1. The second kappa shape index (κ2) is 5.29. The number of aliphatic hydroxyl groups excluding tert-OH is 1. The fourth-order valence-corrected chi connectivity index (χ4v) is 1.46. The largest absolute Gasteiger partial charge is 0.507 e. The molecule has 0 aliphatic heterocycles. The Morgan fingerprint density at radius 2 is 2.06 bits per heavy atom. The number of hydrogen-bond acceptors (Lipinski definition) is 4. The highest BCUT2D eigenvalue weighted by Crippen LogP contribution is 2.26. The normalized spacial score (nSPS) is 13.4. The molecule has 0 aliphatic carbocycles. The van der Waals surface area contributed by atoms with E-state index in [1.54, 1.807) is 12.1 Å². The molecule has 4 nitrogen and oxygen atoms in total. The minimum absolute atomic E-state index is 0.112. The van der Waals surface area contributed by atoms with E-state index < -0.39 is 6.10 Å². The van der Waals surface area contributed by atoms with E-state index in [4.69, 9.17) is 0 Å². The van der Waals surface area contributed by atoms with Gasteiger partial charge in [-0.15, -0.1) is 0 Å². The van der Waals surface area contributed by atoms with Crippen molar-refractivity contribution in [1.82, 2.24) is 5.32 Å². The summed E-state index contributed by atoms with van der Waals surface area (Å²) in [6, 6.07) is 4.76. The Balaban J connectivity index is 2.82. The maximum Gasteiger partial charge on any atom is 0.153 e. The summed E-state index contributed by atoms with van der Waals surface area (Å²) in [7, 11) is 0. The van der Waals surface area contributed by atoms with Gasteiger partial charge < -0.3 is 15.5 Å². The molecule has 0 aliphatic rings. The summed E-state index contributed by atoms with van der Waals surface area (Å²) in [4.78, 5) is 10.7. The molecule has 0 saturated carbocycles. The van der Waals surface area contributed by atoms with Gasteiger partial charge in [0.05, 0.1) is 11.7 Å². The van der Waals surface area contributed by atoms with Crippen LogP contribution in [0.1, 0.15) is 42.8 Å². The number of carbonyl (C=O) groups excluding carboxylic acids is 1. The van der Waals surface area contributed by atoms with Crippen molar-refractivity contribution in [1.29, 1.82) is 0 Å². The number of rotatable bonds is 4. The molecule has 0 heterocycles. The summed E-state index contributed by atoms with van der Waals surface area (Å²) in [6.45, 7) is 6.28. The van der Waals surface area contributed by atoms with Crippen LogP contribution in [0.15, 0.2) is 18.2 Å². The molecule has 17 heavy (non-hydrogen) atoms. The number of hydrogen-bond donors (Lipinski definition) is 3. The van der Waals surface area contributed by atoms with Crippen LogP contribution in [0.3, 0.4) is 0 Å². The Morgan fingerprint density at radius 1 is 1.41 bits per heavy atom. The molecule has 4 heteroatoms. The Kier molecular flexibility index (Phi) is 4.26. The monoisotopic (exact) mass is 237 g/mol. The van der Waals surface area contributed by atoms with Gasteiger partial charge >= 0.3 is 0 Å². The first-order valence-corrected chi connectivity index (χ1v) is 5.55. The van der Waals surface area contributed by atoms with Gasteiger partial charge in [-0.1, -0.05) is 12.1 Å². The average molecular weight is 237 g/mol. The van der Waals surface area contributed by atoms with Gasteiger partial charge in [0.2, 0.25) is 0 Å². The van der Waals surface area contributed by atoms with Crippen molar-refractivity contribution >= 4 is 6.29 Å². The van der Waals surface area contributed by atoms with E-state index in [0.717, 1.165) is 0 Å². The van der Waals surface area contributed by atoms with Crippen molar-refractivity contribution in [3.05, 3.63) is 29.3 Å². The number of carbonyl (C=O) groups is 1. The highest BCUT2D eigenvalue weighted by Gasteiger charge is 2.17. The second-order valence-electron chi connectivity index (χ2n) is 5.05. The third-order valence-electron chi connectivity index (χ3n) is 2.41. The van der Waals surface area contributed by atoms with Crippen LogP contribution in [0.4, 0.5) is 0 Å². The molecule has 1 aromatic rings. The highest BCUT2D eigenvalue weighted by atomic mass is 16.3. The lowest BCUT2D eigenvalue weighted by Gasteiger charge is -2.23. The van der Waals surface area contributed by atoms with E-state index >= 15 is 0 Å². The van der Waals surface area contributed by atoms with E-state index in [-0.39, 0.29) is 16.9 Å². The van der Waals surface area contributed by atoms with Crippen LogP contribution in [-0.4, -0.2) is 28.6 Å². The van der Waals surface area contributed by atoms with Gasteiger partial charge in [0, 0.05) is 17.6 Å². The van der Waals surface area contributed by atoms with Crippen LogP contribution in [-0.2, 0) is 0 Å². The summed E-state index contributed by atoms with van der Waals surface area (Å²) in [5, 5.41) is 22.9. The first-order chi connectivity index (χ1) is 7.85. The number of aliphatic hydroxyl groups is 1. The van der Waals surface area contributed by atoms with Gasteiger partial charge in [0.1, 0.15) is 5.75 Å². The zero-order valence-corrected chi connectivity index (χ0v) is 10.4. The summed E-state index contributed by atoms with van der Waals surface area (Å²) in [5.41, 5.74) is 0.447. The van der Waals surface area contributed by atoms with Crippen molar-refractivity contribution in [3.63, 3.8) is 0 Å². The molecule has 1 rings (SSSR count). The minimum Gasteiger partial charge on any atom is -0.507 e. The predicted octanol–water partition coefficient (Wildman–Crippen LogP) is 1.63. The molecule has 0 amide bonds. The number of benzene rings is 1. The van der Waals surface area contributed by atoms with E-state index in [0.29, 0.717) is 18.4 Å². The molecule has 94 valence electrons. The summed E-state index contributed by atoms with van der Waals surface area (Å²) >= 11 is 0. The zero-order valence-electron chi connectivity index (χ0n) is 10.4. The number of phenols is 1. The molecule has 3 N–H and O–H groups in total. The number of nitrogens with one attached hydrogen (secondary N) is 1. The molecule has 0 bridgehead atoms. The van der Waals surface area contributed by atoms with Crippen molar-refractivity contribution < 1.29 is 15.0 Å². The molecule has 1 atom stereocenters.